The van der Waals surface area contributed by atoms with Gasteiger partial charge >= 0.3 is 0 Å². The third kappa shape index (κ3) is 3.92. The van der Waals surface area contributed by atoms with Gasteiger partial charge in [-0.2, -0.15) is 0 Å². The van der Waals surface area contributed by atoms with E-state index in [0.29, 0.717) is 22.3 Å². The number of nitrogen functional groups attached to an aromatic ring is 1. The summed E-state index contributed by atoms with van der Waals surface area (Å²) in [5.74, 6) is 0.586. The number of primary amides is 1. The van der Waals surface area contributed by atoms with Crippen LogP contribution in [0.15, 0.2) is 54.9 Å². The van der Waals surface area contributed by atoms with Gasteiger partial charge in [-0.1, -0.05) is 36.4 Å². The molecule has 2 aromatic carbocycles. The molecule has 1 amide bonds. The summed E-state index contributed by atoms with van der Waals surface area (Å²) >= 11 is 0. The summed E-state index contributed by atoms with van der Waals surface area (Å²) < 4.78 is 0. The topological polar surface area (TPSA) is 107 Å². The number of nitrogens with zero attached hydrogens (tertiary/aromatic N) is 2. The lowest BCUT2D eigenvalue weighted by Crippen LogP contribution is -2.12. The van der Waals surface area contributed by atoms with Crippen LogP contribution in [0.25, 0.3) is 10.9 Å². The van der Waals surface area contributed by atoms with Crippen molar-refractivity contribution in [3.05, 3.63) is 66.0 Å². The third-order valence-electron chi connectivity index (χ3n) is 4.29. The van der Waals surface area contributed by atoms with E-state index in [1.54, 1.807) is 18.2 Å². The van der Waals surface area contributed by atoms with Gasteiger partial charge in [0.1, 0.15) is 12.1 Å². The van der Waals surface area contributed by atoms with Gasteiger partial charge in [0.2, 0.25) is 0 Å². The van der Waals surface area contributed by atoms with Gasteiger partial charge in [0.15, 0.2) is 0 Å². The number of fused-ring (bicyclic) bond motifs is 1. The zero-order chi connectivity index (χ0) is 17.6. The average Bonchev–Trinajstić information content (AvgIpc) is 3.18. The number of carbonyl (C=O) groups excluding carboxylic acids is 1. The molecule has 0 spiro atoms. The lowest BCUT2D eigenvalue weighted by Gasteiger charge is -2.06. The molecule has 1 aliphatic heterocycles. The van der Waals surface area contributed by atoms with E-state index in [9.17, 15) is 4.79 Å². The van der Waals surface area contributed by atoms with Crippen molar-refractivity contribution in [1.29, 1.82) is 0 Å². The standard InChI is InChI=1S/C10H13N.C9H8N4O/c1-2-4-9(5-3-1)10-6-7-11-8-10;10-8-5-2-1-3-6(9(11)14)7(5)12-4-13-8/h1-5,10-11H,6-8H2;1-4H,(H2,11,14)(H2,10,12,13). The SMILES string of the molecule is NC(=O)c1cccc2c(N)ncnc12.c1ccc(C2CCNC2)cc1. The maximum atomic E-state index is 11.0. The van der Waals surface area contributed by atoms with E-state index in [0.717, 1.165) is 12.5 Å². The minimum absolute atomic E-state index is 0.345. The molecule has 1 saturated heterocycles. The van der Waals surface area contributed by atoms with E-state index in [4.69, 9.17) is 11.5 Å². The predicted octanol–water partition coefficient (Wildman–Crippen LogP) is 2.07. The second kappa shape index (κ2) is 7.72. The molecule has 25 heavy (non-hydrogen) atoms. The molecule has 0 saturated carbocycles. The van der Waals surface area contributed by atoms with Crippen LogP contribution in [0.1, 0.15) is 28.3 Å². The summed E-state index contributed by atoms with van der Waals surface area (Å²) in [4.78, 5) is 18.8. The van der Waals surface area contributed by atoms with E-state index in [1.165, 1.54) is 24.9 Å². The minimum Gasteiger partial charge on any atom is -0.383 e. The van der Waals surface area contributed by atoms with Gasteiger partial charge in [-0.3, -0.25) is 4.79 Å². The van der Waals surface area contributed by atoms with Crippen molar-refractivity contribution in [2.45, 2.75) is 12.3 Å². The Labute approximate surface area is 146 Å². The molecule has 0 bridgehead atoms. The fourth-order valence-corrected chi connectivity index (χ4v) is 2.97. The Morgan fingerprint density at radius 1 is 1.08 bits per heavy atom. The number of amides is 1. The van der Waals surface area contributed by atoms with Crippen LogP contribution in [0.4, 0.5) is 5.82 Å². The number of rotatable bonds is 2. The molecule has 6 nitrogen and oxygen atoms in total. The molecule has 3 aromatic rings. The van der Waals surface area contributed by atoms with Crippen molar-refractivity contribution >= 4 is 22.6 Å². The Hall–Kier alpha value is -2.99. The highest BCUT2D eigenvalue weighted by Gasteiger charge is 2.15. The number of benzene rings is 2. The fraction of sp³-hybridized carbons (Fsp3) is 0.211. The second-order valence-electron chi connectivity index (χ2n) is 5.93. The van der Waals surface area contributed by atoms with Crippen LogP contribution >= 0.6 is 0 Å². The first-order valence-corrected chi connectivity index (χ1v) is 8.21. The molecule has 1 unspecified atom stereocenters. The van der Waals surface area contributed by atoms with Gasteiger partial charge in [0, 0.05) is 11.9 Å². The molecule has 1 aliphatic rings. The zero-order valence-electron chi connectivity index (χ0n) is 13.9. The number of para-hydroxylation sites is 1. The molecule has 1 fully saturated rings. The molecular weight excluding hydrogens is 314 g/mol. The van der Waals surface area contributed by atoms with Crippen molar-refractivity contribution in [2.75, 3.05) is 18.8 Å². The predicted molar refractivity (Wildman–Crippen MR) is 99.1 cm³/mol. The Bertz CT molecular complexity index is 860. The first-order valence-electron chi connectivity index (χ1n) is 8.21. The Kier molecular flexibility index (Phi) is 5.20. The maximum Gasteiger partial charge on any atom is 0.250 e. The highest BCUT2D eigenvalue weighted by Crippen LogP contribution is 2.21. The van der Waals surface area contributed by atoms with Gasteiger partial charge < -0.3 is 16.8 Å². The van der Waals surface area contributed by atoms with Gasteiger partial charge in [-0.25, -0.2) is 9.97 Å². The normalized spacial score (nSPS) is 16.2. The zero-order valence-corrected chi connectivity index (χ0v) is 13.9. The van der Waals surface area contributed by atoms with Gasteiger partial charge in [0.25, 0.3) is 5.91 Å². The Morgan fingerprint density at radius 3 is 2.56 bits per heavy atom. The van der Waals surface area contributed by atoms with Crippen LogP contribution < -0.4 is 16.8 Å². The van der Waals surface area contributed by atoms with Gasteiger partial charge in [-0.15, -0.1) is 0 Å². The summed E-state index contributed by atoms with van der Waals surface area (Å²) in [5.41, 5.74) is 13.1. The van der Waals surface area contributed by atoms with Crippen molar-refractivity contribution < 1.29 is 4.79 Å². The monoisotopic (exact) mass is 335 g/mol. The average molecular weight is 335 g/mol. The highest BCUT2D eigenvalue weighted by atomic mass is 16.1. The first-order chi connectivity index (χ1) is 12.2. The molecule has 5 N–H and O–H groups in total. The van der Waals surface area contributed by atoms with Crippen LogP contribution in [0.3, 0.4) is 0 Å². The van der Waals surface area contributed by atoms with Crippen LogP contribution in [-0.4, -0.2) is 29.0 Å². The second-order valence-corrected chi connectivity index (χ2v) is 5.93. The molecule has 128 valence electrons. The summed E-state index contributed by atoms with van der Waals surface area (Å²) in [5, 5.41) is 4.01. The third-order valence-corrected chi connectivity index (χ3v) is 4.29. The van der Waals surface area contributed by atoms with Crippen LogP contribution in [0, 0.1) is 0 Å². The summed E-state index contributed by atoms with van der Waals surface area (Å²) in [6, 6.07) is 15.8. The van der Waals surface area contributed by atoms with E-state index in [-0.39, 0.29) is 0 Å². The van der Waals surface area contributed by atoms with Gasteiger partial charge in [-0.05, 0) is 36.6 Å². The molecule has 2 heterocycles. The highest BCUT2D eigenvalue weighted by molar-refractivity contribution is 6.06. The molecule has 1 atom stereocenters. The van der Waals surface area contributed by atoms with Crippen LogP contribution in [-0.2, 0) is 0 Å². The number of anilines is 1. The van der Waals surface area contributed by atoms with Crippen molar-refractivity contribution in [2.24, 2.45) is 5.73 Å². The van der Waals surface area contributed by atoms with Crippen LogP contribution in [0.5, 0.6) is 0 Å². The van der Waals surface area contributed by atoms with E-state index >= 15 is 0 Å². The van der Waals surface area contributed by atoms with E-state index in [1.807, 2.05) is 0 Å². The Morgan fingerprint density at radius 2 is 1.88 bits per heavy atom. The number of hydrogen-bond donors (Lipinski definition) is 3. The van der Waals surface area contributed by atoms with Crippen molar-refractivity contribution in [1.82, 2.24) is 15.3 Å². The maximum absolute atomic E-state index is 11.0. The number of nitrogens with one attached hydrogen (secondary N) is 1. The van der Waals surface area contributed by atoms with Crippen LogP contribution in [0.2, 0.25) is 0 Å². The quantitative estimate of drug-likeness (QED) is 0.664. The number of carbonyl (C=O) groups is 1. The molecule has 4 rings (SSSR count). The largest absolute Gasteiger partial charge is 0.383 e. The van der Waals surface area contributed by atoms with Gasteiger partial charge in [0.05, 0.1) is 11.1 Å². The first kappa shape index (κ1) is 16.9. The van der Waals surface area contributed by atoms with Crippen molar-refractivity contribution in [3.8, 4) is 0 Å². The fourth-order valence-electron chi connectivity index (χ4n) is 2.97. The number of nitrogens with two attached hydrogens (primary N) is 2. The lowest BCUT2D eigenvalue weighted by atomic mass is 9.99. The molecular formula is C19H21N5O. The van der Waals surface area contributed by atoms with Crippen molar-refractivity contribution in [3.63, 3.8) is 0 Å². The summed E-state index contributed by atoms with van der Waals surface area (Å²) in [6.07, 6.45) is 2.61. The minimum atomic E-state index is -0.520. The molecule has 1 aromatic heterocycles. The van der Waals surface area contributed by atoms with E-state index in [2.05, 4.69) is 45.6 Å². The number of aromatic nitrogens is 2. The number of hydrogen-bond acceptors (Lipinski definition) is 5. The van der Waals surface area contributed by atoms with E-state index < -0.39 is 5.91 Å². The summed E-state index contributed by atoms with van der Waals surface area (Å²) in [7, 11) is 0. The Balaban J connectivity index is 0.000000150. The smallest absolute Gasteiger partial charge is 0.250 e. The molecule has 6 heteroatoms. The molecule has 0 aliphatic carbocycles. The summed E-state index contributed by atoms with van der Waals surface area (Å²) in [6.45, 7) is 2.34. The molecule has 0 radical (unpaired) electrons. The lowest BCUT2D eigenvalue weighted by molar-refractivity contribution is 0.100.